The van der Waals surface area contributed by atoms with E-state index in [-0.39, 0.29) is 18.7 Å². The third-order valence-electron chi connectivity index (χ3n) is 4.09. The van der Waals surface area contributed by atoms with Crippen molar-refractivity contribution in [2.75, 3.05) is 6.61 Å². The molecule has 0 fully saturated rings. The van der Waals surface area contributed by atoms with Crippen molar-refractivity contribution in [2.45, 2.75) is 45.9 Å². The summed E-state index contributed by atoms with van der Waals surface area (Å²) in [6, 6.07) is 18.7. The number of aliphatic hydroxyl groups is 1. The highest BCUT2D eigenvalue weighted by molar-refractivity contribution is 5.29. The van der Waals surface area contributed by atoms with Crippen LogP contribution < -0.4 is 10.1 Å². The highest BCUT2D eigenvalue weighted by Gasteiger charge is 2.14. The van der Waals surface area contributed by atoms with Crippen molar-refractivity contribution in [3.8, 4) is 5.75 Å². The molecule has 2 atom stereocenters. The summed E-state index contributed by atoms with van der Waals surface area (Å²) in [4.78, 5) is 0. The maximum absolute atomic E-state index is 9.51. The second kappa shape index (κ2) is 9.45. The Morgan fingerprint density at radius 2 is 1.62 bits per heavy atom. The van der Waals surface area contributed by atoms with Crippen molar-refractivity contribution in [1.82, 2.24) is 5.32 Å². The van der Waals surface area contributed by atoms with E-state index >= 15 is 0 Å². The van der Waals surface area contributed by atoms with Crippen molar-refractivity contribution >= 4 is 0 Å². The normalized spacial score (nSPS) is 13.7. The number of benzene rings is 2. The van der Waals surface area contributed by atoms with Crippen LogP contribution in [0.4, 0.5) is 0 Å². The van der Waals surface area contributed by atoms with Gasteiger partial charge in [-0.05, 0) is 42.5 Å². The van der Waals surface area contributed by atoms with E-state index in [1.807, 2.05) is 30.3 Å². The lowest BCUT2D eigenvalue weighted by Gasteiger charge is -2.23. The van der Waals surface area contributed by atoms with Gasteiger partial charge in [-0.2, -0.15) is 0 Å². The van der Waals surface area contributed by atoms with E-state index in [9.17, 15) is 5.11 Å². The molecule has 3 heteroatoms. The van der Waals surface area contributed by atoms with Crippen molar-refractivity contribution < 1.29 is 9.84 Å². The van der Waals surface area contributed by atoms with Crippen LogP contribution >= 0.6 is 0 Å². The van der Waals surface area contributed by atoms with E-state index in [2.05, 4.69) is 50.4 Å². The van der Waals surface area contributed by atoms with Gasteiger partial charge in [0.25, 0.3) is 0 Å². The van der Waals surface area contributed by atoms with Gasteiger partial charge < -0.3 is 15.2 Å². The van der Waals surface area contributed by atoms with Gasteiger partial charge in [-0.1, -0.05) is 56.3 Å². The Bertz CT molecular complexity index is 581. The zero-order chi connectivity index (χ0) is 17.4. The number of aliphatic hydroxyl groups excluding tert-OH is 1. The minimum absolute atomic E-state index is 0.133. The zero-order valence-corrected chi connectivity index (χ0v) is 14.9. The maximum Gasteiger partial charge on any atom is 0.119 e. The molecule has 0 amide bonds. The van der Waals surface area contributed by atoms with E-state index in [1.165, 1.54) is 5.56 Å². The van der Waals surface area contributed by atoms with Crippen molar-refractivity contribution in [3.63, 3.8) is 0 Å². The molecular formula is C21H29NO2. The van der Waals surface area contributed by atoms with Crippen LogP contribution in [0.3, 0.4) is 0 Å². The lowest BCUT2D eigenvalue weighted by Crippen LogP contribution is -2.35. The second-order valence-electron chi connectivity index (χ2n) is 6.74. The van der Waals surface area contributed by atoms with Crippen LogP contribution in [-0.4, -0.2) is 17.8 Å². The average Bonchev–Trinajstić information content (AvgIpc) is 2.60. The van der Waals surface area contributed by atoms with Crippen LogP contribution in [0.1, 0.15) is 44.4 Å². The summed E-state index contributed by atoms with van der Waals surface area (Å²) in [6.07, 6.45) is 0.971. The third kappa shape index (κ3) is 5.99. The summed E-state index contributed by atoms with van der Waals surface area (Å²) in [7, 11) is 0. The van der Waals surface area contributed by atoms with Crippen molar-refractivity contribution in [2.24, 2.45) is 5.92 Å². The Kier molecular flexibility index (Phi) is 7.29. The molecule has 0 saturated carbocycles. The Hall–Kier alpha value is -1.84. The number of hydrogen-bond acceptors (Lipinski definition) is 3. The molecule has 2 N–H and O–H groups in total. The fourth-order valence-electron chi connectivity index (χ4n) is 2.81. The summed E-state index contributed by atoms with van der Waals surface area (Å²) < 4.78 is 5.82. The molecule has 24 heavy (non-hydrogen) atoms. The first kappa shape index (κ1) is 18.5. The Labute approximate surface area is 145 Å². The maximum atomic E-state index is 9.51. The van der Waals surface area contributed by atoms with Gasteiger partial charge in [0.2, 0.25) is 0 Å². The van der Waals surface area contributed by atoms with Gasteiger partial charge in [0.1, 0.15) is 12.4 Å². The van der Waals surface area contributed by atoms with Crippen molar-refractivity contribution in [3.05, 3.63) is 65.7 Å². The molecule has 0 aromatic heterocycles. The Morgan fingerprint density at radius 3 is 2.21 bits per heavy atom. The first-order valence-corrected chi connectivity index (χ1v) is 8.72. The number of hydrogen-bond donors (Lipinski definition) is 2. The largest absolute Gasteiger partial charge is 0.489 e. The van der Waals surface area contributed by atoms with Crippen LogP contribution in [0.5, 0.6) is 5.75 Å². The molecule has 3 nitrogen and oxygen atoms in total. The third-order valence-corrected chi connectivity index (χ3v) is 4.09. The molecule has 0 radical (unpaired) electrons. The molecule has 2 unspecified atom stereocenters. The second-order valence-corrected chi connectivity index (χ2v) is 6.74. The molecule has 2 aromatic carbocycles. The molecule has 0 spiro atoms. The Morgan fingerprint density at radius 1 is 0.958 bits per heavy atom. The van der Waals surface area contributed by atoms with Crippen LogP contribution in [0, 0.1) is 5.92 Å². The van der Waals surface area contributed by atoms with E-state index < -0.39 is 0 Å². The molecule has 0 heterocycles. The summed E-state index contributed by atoms with van der Waals surface area (Å²) in [5.41, 5.74) is 2.36. The predicted octanol–water partition coefficient (Wildman–Crippen LogP) is 4.32. The molecular weight excluding hydrogens is 298 g/mol. The topological polar surface area (TPSA) is 41.5 Å². The van der Waals surface area contributed by atoms with Gasteiger partial charge in [-0.15, -0.1) is 0 Å². The summed E-state index contributed by atoms with van der Waals surface area (Å²) >= 11 is 0. The number of ether oxygens (including phenoxy) is 1. The standard InChI is InChI=1S/C21H29NO2/c1-16(2)13-20(14-23)22-17(3)19-9-11-21(12-10-19)24-15-18-7-5-4-6-8-18/h4-12,16-17,20,22-23H,13-15H2,1-3H3. The monoisotopic (exact) mass is 327 g/mol. The van der Waals surface area contributed by atoms with Crippen LogP contribution in [0.2, 0.25) is 0 Å². The highest BCUT2D eigenvalue weighted by Crippen LogP contribution is 2.20. The lowest BCUT2D eigenvalue weighted by atomic mass is 10.0. The molecule has 2 rings (SSSR count). The molecule has 0 aliphatic carbocycles. The van der Waals surface area contributed by atoms with Crippen LogP contribution in [0.15, 0.2) is 54.6 Å². The summed E-state index contributed by atoms with van der Waals surface area (Å²) in [5.74, 6) is 1.44. The van der Waals surface area contributed by atoms with Crippen molar-refractivity contribution in [1.29, 1.82) is 0 Å². The smallest absolute Gasteiger partial charge is 0.119 e. The van der Waals surface area contributed by atoms with Gasteiger partial charge in [-0.3, -0.25) is 0 Å². The van der Waals surface area contributed by atoms with E-state index in [4.69, 9.17) is 4.74 Å². The van der Waals surface area contributed by atoms with Gasteiger partial charge in [0.15, 0.2) is 0 Å². The molecule has 0 aliphatic rings. The first-order valence-electron chi connectivity index (χ1n) is 8.72. The molecule has 0 bridgehead atoms. The van der Waals surface area contributed by atoms with Gasteiger partial charge in [-0.25, -0.2) is 0 Å². The summed E-state index contributed by atoms with van der Waals surface area (Å²) in [5, 5.41) is 13.0. The molecule has 0 saturated heterocycles. The van der Waals surface area contributed by atoms with Crippen LogP contribution in [0.25, 0.3) is 0 Å². The Balaban J connectivity index is 1.88. The quantitative estimate of drug-likeness (QED) is 0.720. The average molecular weight is 327 g/mol. The van der Waals surface area contributed by atoms with Gasteiger partial charge in [0.05, 0.1) is 6.61 Å². The fourth-order valence-corrected chi connectivity index (χ4v) is 2.81. The number of rotatable bonds is 9. The van der Waals surface area contributed by atoms with E-state index in [1.54, 1.807) is 0 Å². The van der Waals surface area contributed by atoms with E-state index in [0.717, 1.165) is 17.7 Å². The molecule has 2 aromatic rings. The molecule has 0 aliphatic heterocycles. The van der Waals surface area contributed by atoms with Gasteiger partial charge in [0, 0.05) is 12.1 Å². The summed E-state index contributed by atoms with van der Waals surface area (Å²) in [6.45, 7) is 7.22. The number of nitrogens with one attached hydrogen (secondary N) is 1. The SMILES string of the molecule is CC(C)CC(CO)NC(C)c1ccc(OCc2ccccc2)cc1. The highest BCUT2D eigenvalue weighted by atomic mass is 16.5. The lowest BCUT2D eigenvalue weighted by molar-refractivity contribution is 0.215. The van der Waals surface area contributed by atoms with E-state index in [0.29, 0.717) is 12.5 Å². The minimum Gasteiger partial charge on any atom is -0.489 e. The van der Waals surface area contributed by atoms with Gasteiger partial charge >= 0.3 is 0 Å². The fraction of sp³-hybridized carbons (Fsp3) is 0.429. The molecule has 130 valence electrons. The predicted molar refractivity (Wildman–Crippen MR) is 99.1 cm³/mol. The first-order chi connectivity index (χ1) is 11.6. The zero-order valence-electron chi connectivity index (χ0n) is 14.9. The van der Waals surface area contributed by atoms with Crippen LogP contribution in [-0.2, 0) is 6.61 Å². The minimum atomic E-state index is 0.133.